The smallest absolute Gasteiger partial charge is 0.223 e. The lowest BCUT2D eigenvalue weighted by molar-refractivity contribution is -0.116. The zero-order valence-corrected chi connectivity index (χ0v) is 20.1. The molecule has 2 aromatic rings. The van der Waals surface area contributed by atoms with Crippen LogP contribution in [-0.4, -0.2) is 55.1 Å². The van der Waals surface area contributed by atoms with Crippen LogP contribution in [0.3, 0.4) is 0 Å². The number of hydrogen-bond acceptors (Lipinski definition) is 7. The third kappa shape index (κ3) is 5.62. The van der Waals surface area contributed by atoms with Gasteiger partial charge in [0.25, 0.3) is 0 Å². The van der Waals surface area contributed by atoms with Crippen LogP contribution in [0.15, 0.2) is 35.5 Å². The first-order valence-corrected chi connectivity index (χ1v) is 11.7. The summed E-state index contributed by atoms with van der Waals surface area (Å²) in [6.07, 6.45) is 8.14. The quantitative estimate of drug-likeness (QED) is 0.554. The lowest BCUT2D eigenvalue weighted by Crippen LogP contribution is -2.31. The molecule has 2 heterocycles. The summed E-state index contributed by atoms with van der Waals surface area (Å²) < 4.78 is 18.1. The van der Waals surface area contributed by atoms with Crippen molar-refractivity contribution in [3.8, 4) is 11.6 Å². The molecule has 2 aliphatic rings. The lowest BCUT2D eigenvalue weighted by Gasteiger charge is -2.31. The highest BCUT2D eigenvalue weighted by molar-refractivity contribution is 5.97. The average molecular weight is 465 g/mol. The van der Waals surface area contributed by atoms with Crippen molar-refractivity contribution in [3.05, 3.63) is 41.9 Å². The predicted octanol–water partition coefficient (Wildman–Crippen LogP) is 4.67. The predicted molar refractivity (Wildman–Crippen MR) is 132 cm³/mol. The molecule has 4 rings (SSSR count). The van der Waals surface area contributed by atoms with E-state index in [1.54, 1.807) is 24.2 Å². The van der Waals surface area contributed by atoms with Gasteiger partial charge < -0.3 is 19.1 Å². The molecule has 1 fully saturated rings. The number of amides is 1. The van der Waals surface area contributed by atoms with Gasteiger partial charge in [0.1, 0.15) is 23.4 Å². The molecule has 8 nitrogen and oxygen atoms in total. The average Bonchev–Trinajstić information content (AvgIpc) is 2.85. The van der Waals surface area contributed by atoms with Crippen LogP contribution in [0.25, 0.3) is 5.57 Å². The third-order valence-corrected chi connectivity index (χ3v) is 6.32. The Morgan fingerprint density at radius 1 is 1.21 bits per heavy atom. The van der Waals surface area contributed by atoms with E-state index in [2.05, 4.69) is 27.8 Å². The van der Waals surface area contributed by atoms with Gasteiger partial charge >= 0.3 is 0 Å². The monoisotopic (exact) mass is 464 g/mol. The van der Waals surface area contributed by atoms with E-state index in [1.165, 1.54) is 12.5 Å². The minimum atomic E-state index is -0.0926. The van der Waals surface area contributed by atoms with Crippen LogP contribution in [-0.2, 0) is 9.53 Å². The van der Waals surface area contributed by atoms with Crippen LogP contribution in [0.5, 0.6) is 11.6 Å². The van der Waals surface area contributed by atoms with Crippen molar-refractivity contribution in [2.24, 2.45) is 4.99 Å². The normalized spacial score (nSPS) is 20.3. The second-order valence-electron chi connectivity index (χ2n) is 8.71. The van der Waals surface area contributed by atoms with Crippen molar-refractivity contribution in [2.45, 2.75) is 58.2 Å². The molecule has 1 aromatic carbocycles. The maximum Gasteiger partial charge on any atom is 0.223 e. The summed E-state index contributed by atoms with van der Waals surface area (Å²) in [4.78, 5) is 26.5. The van der Waals surface area contributed by atoms with E-state index in [-0.39, 0.29) is 18.1 Å². The fraction of sp³-hybridized carbons (Fsp3) is 0.462. The molecule has 1 aliphatic heterocycles. The van der Waals surface area contributed by atoms with E-state index in [4.69, 9.17) is 14.2 Å². The maximum absolute atomic E-state index is 12.2. The number of carbonyl (C=O) groups is 1. The molecule has 0 bridgehead atoms. The fourth-order valence-electron chi connectivity index (χ4n) is 4.39. The molecule has 0 saturated heterocycles. The molecular formula is C26H32N4O4. The summed E-state index contributed by atoms with van der Waals surface area (Å²) in [5, 5.41) is 0. The molecule has 34 heavy (non-hydrogen) atoms. The minimum absolute atomic E-state index is 0.0164. The van der Waals surface area contributed by atoms with Crippen molar-refractivity contribution >= 4 is 29.6 Å². The number of aryl methyl sites for hydroxylation is 1. The second kappa shape index (κ2) is 10.8. The molecule has 1 saturated carbocycles. The molecule has 0 N–H and O–H groups in total. The lowest BCUT2D eigenvalue weighted by atomic mass is 9.94. The van der Waals surface area contributed by atoms with Gasteiger partial charge in [0.15, 0.2) is 0 Å². The molecule has 0 spiro atoms. The molecule has 1 amide bonds. The Kier molecular flexibility index (Phi) is 7.57. The summed E-state index contributed by atoms with van der Waals surface area (Å²) in [5.74, 6) is 1.87. The van der Waals surface area contributed by atoms with Gasteiger partial charge in [-0.15, -0.1) is 0 Å². The Hall–Kier alpha value is -3.26. The number of nitrogens with zero attached hydrogens (tertiary/aromatic N) is 4. The highest BCUT2D eigenvalue weighted by Crippen LogP contribution is 2.42. The molecule has 8 heteroatoms. The Morgan fingerprint density at radius 3 is 2.56 bits per heavy atom. The first kappa shape index (κ1) is 23.9. The molecule has 0 radical (unpaired) electrons. The first-order chi connectivity index (χ1) is 16.4. The van der Waals surface area contributed by atoms with Gasteiger partial charge in [-0.1, -0.05) is 6.08 Å². The minimum Gasteiger partial charge on any atom is -0.488 e. The van der Waals surface area contributed by atoms with E-state index in [9.17, 15) is 4.79 Å². The Balaban J connectivity index is 1.53. The van der Waals surface area contributed by atoms with Gasteiger partial charge in [-0.25, -0.2) is 4.98 Å². The number of benzene rings is 1. The third-order valence-electron chi connectivity index (χ3n) is 6.32. The number of aliphatic imine (C=N–C) groups is 1. The van der Waals surface area contributed by atoms with Crippen molar-refractivity contribution in [3.63, 3.8) is 0 Å². The maximum atomic E-state index is 12.2. The molecule has 1 aliphatic carbocycles. The standard InChI is InChI=1S/C26H32N4O4/c1-17-28-12-9-25(29-17)34-22-7-5-21(6-8-22)33-24-16-20(19-10-13-32-14-11-19)15-23(27-3)26(24)30(4)18(2)31/h9-10,12,15-16,21-22H,3,5-8,11,13-14H2,1-2,4H3. The van der Waals surface area contributed by atoms with Crippen molar-refractivity contribution in [1.29, 1.82) is 0 Å². The summed E-state index contributed by atoms with van der Waals surface area (Å²) in [5.41, 5.74) is 3.50. The van der Waals surface area contributed by atoms with E-state index >= 15 is 0 Å². The van der Waals surface area contributed by atoms with Gasteiger partial charge in [0.05, 0.1) is 25.0 Å². The molecule has 1 aromatic heterocycles. The van der Waals surface area contributed by atoms with Crippen LogP contribution < -0.4 is 14.4 Å². The van der Waals surface area contributed by atoms with Crippen molar-refractivity contribution in [2.75, 3.05) is 25.2 Å². The summed E-state index contributed by atoms with van der Waals surface area (Å²) in [6, 6.07) is 5.78. The first-order valence-electron chi connectivity index (χ1n) is 11.7. The number of anilines is 1. The Morgan fingerprint density at radius 2 is 1.94 bits per heavy atom. The Labute approximate surface area is 200 Å². The van der Waals surface area contributed by atoms with Gasteiger partial charge in [0, 0.05) is 26.2 Å². The van der Waals surface area contributed by atoms with Crippen molar-refractivity contribution in [1.82, 2.24) is 9.97 Å². The fourth-order valence-corrected chi connectivity index (χ4v) is 4.39. The van der Waals surface area contributed by atoms with Gasteiger partial charge in [-0.2, -0.15) is 4.98 Å². The largest absolute Gasteiger partial charge is 0.488 e. The van der Waals surface area contributed by atoms with Crippen LogP contribution in [0.4, 0.5) is 11.4 Å². The summed E-state index contributed by atoms with van der Waals surface area (Å²) in [6.45, 7) is 8.41. The second-order valence-corrected chi connectivity index (χ2v) is 8.71. The van der Waals surface area contributed by atoms with Crippen LogP contribution >= 0.6 is 0 Å². The zero-order chi connectivity index (χ0) is 24.1. The highest BCUT2D eigenvalue weighted by Gasteiger charge is 2.27. The summed E-state index contributed by atoms with van der Waals surface area (Å²) >= 11 is 0. The van der Waals surface area contributed by atoms with Crippen molar-refractivity contribution < 1.29 is 19.0 Å². The van der Waals surface area contributed by atoms with E-state index in [0.29, 0.717) is 42.0 Å². The Bertz CT molecular complexity index is 1080. The molecule has 180 valence electrons. The van der Waals surface area contributed by atoms with Crippen LogP contribution in [0.1, 0.15) is 50.4 Å². The zero-order valence-electron chi connectivity index (χ0n) is 20.1. The summed E-state index contributed by atoms with van der Waals surface area (Å²) in [7, 11) is 1.74. The SMILES string of the molecule is C=Nc1cc(C2=CCOCC2)cc(OC2CCC(Oc3ccnc(C)n3)CC2)c1N(C)C(C)=O. The number of carbonyl (C=O) groups excluding carboxylic acids is 1. The van der Waals surface area contributed by atoms with Gasteiger partial charge in [-0.3, -0.25) is 9.79 Å². The van der Waals surface area contributed by atoms with E-state index in [1.807, 2.05) is 19.1 Å². The number of aromatic nitrogens is 2. The number of hydrogen-bond donors (Lipinski definition) is 0. The van der Waals surface area contributed by atoms with Crippen LogP contribution in [0, 0.1) is 6.92 Å². The van der Waals surface area contributed by atoms with E-state index in [0.717, 1.165) is 37.7 Å². The topological polar surface area (TPSA) is 86.1 Å². The van der Waals surface area contributed by atoms with Gasteiger partial charge in [-0.05, 0) is 69.0 Å². The van der Waals surface area contributed by atoms with Gasteiger partial charge in [0.2, 0.25) is 11.8 Å². The molecule has 0 atom stereocenters. The van der Waals surface area contributed by atoms with Crippen LogP contribution in [0.2, 0.25) is 0 Å². The molecule has 0 unspecified atom stereocenters. The highest BCUT2D eigenvalue weighted by atomic mass is 16.5. The number of rotatable bonds is 7. The van der Waals surface area contributed by atoms with E-state index < -0.39 is 0 Å². The molecular weight excluding hydrogens is 432 g/mol. The number of ether oxygens (including phenoxy) is 3.